The number of benzene rings is 3. The molecule has 0 bridgehead atoms. The highest BCUT2D eigenvalue weighted by molar-refractivity contribution is 7.21. The number of carbonyl (C=O) groups is 1. The van der Waals surface area contributed by atoms with Crippen LogP contribution in [0.2, 0.25) is 0 Å². The SMILES string of the molecule is COc1cccc(C(=O)Cc2ccc(-c3nc4ccccc4s3)c(O)c2)c1. The van der Waals surface area contributed by atoms with E-state index in [1.165, 1.54) is 11.3 Å². The van der Waals surface area contributed by atoms with Crippen molar-refractivity contribution in [2.24, 2.45) is 0 Å². The van der Waals surface area contributed by atoms with Gasteiger partial charge in [0.1, 0.15) is 16.5 Å². The van der Waals surface area contributed by atoms with Gasteiger partial charge in [0.25, 0.3) is 0 Å². The van der Waals surface area contributed by atoms with Gasteiger partial charge in [-0.05, 0) is 42.0 Å². The van der Waals surface area contributed by atoms with Crippen molar-refractivity contribution in [3.63, 3.8) is 0 Å². The van der Waals surface area contributed by atoms with Gasteiger partial charge in [0.05, 0.1) is 22.9 Å². The van der Waals surface area contributed by atoms with Crippen LogP contribution in [0, 0.1) is 0 Å². The van der Waals surface area contributed by atoms with E-state index in [9.17, 15) is 9.90 Å². The molecule has 0 aliphatic carbocycles. The number of ketones is 1. The van der Waals surface area contributed by atoms with E-state index in [4.69, 9.17) is 4.74 Å². The zero-order chi connectivity index (χ0) is 18.8. The summed E-state index contributed by atoms with van der Waals surface area (Å²) in [5.41, 5.74) is 2.93. The summed E-state index contributed by atoms with van der Waals surface area (Å²) in [6.45, 7) is 0. The number of hydrogen-bond acceptors (Lipinski definition) is 5. The van der Waals surface area contributed by atoms with Crippen molar-refractivity contribution >= 4 is 27.3 Å². The molecule has 0 aliphatic rings. The van der Waals surface area contributed by atoms with Crippen molar-refractivity contribution in [3.05, 3.63) is 77.9 Å². The summed E-state index contributed by atoms with van der Waals surface area (Å²) in [5, 5.41) is 11.2. The molecule has 1 N–H and O–H groups in total. The van der Waals surface area contributed by atoms with Crippen LogP contribution in [-0.2, 0) is 6.42 Å². The predicted octanol–water partition coefficient (Wildman–Crippen LogP) is 5.10. The molecule has 1 heterocycles. The van der Waals surface area contributed by atoms with Crippen molar-refractivity contribution < 1.29 is 14.6 Å². The number of nitrogens with zero attached hydrogens (tertiary/aromatic N) is 1. The molecule has 0 fully saturated rings. The first-order valence-electron chi connectivity index (χ1n) is 8.49. The first kappa shape index (κ1) is 17.2. The van der Waals surface area contributed by atoms with Crippen LogP contribution in [0.3, 0.4) is 0 Å². The molecule has 4 nitrogen and oxygen atoms in total. The van der Waals surface area contributed by atoms with Crippen molar-refractivity contribution in [1.29, 1.82) is 0 Å². The topological polar surface area (TPSA) is 59.4 Å². The Labute approximate surface area is 160 Å². The van der Waals surface area contributed by atoms with Gasteiger partial charge in [0.2, 0.25) is 0 Å². The normalized spacial score (nSPS) is 10.9. The van der Waals surface area contributed by atoms with E-state index in [0.717, 1.165) is 20.8 Å². The third kappa shape index (κ3) is 3.55. The van der Waals surface area contributed by atoms with Crippen molar-refractivity contribution in [2.75, 3.05) is 7.11 Å². The van der Waals surface area contributed by atoms with Crippen molar-refractivity contribution in [3.8, 4) is 22.1 Å². The summed E-state index contributed by atoms with van der Waals surface area (Å²) in [7, 11) is 1.57. The van der Waals surface area contributed by atoms with Crippen LogP contribution >= 0.6 is 11.3 Å². The van der Waals surface area contributed by atoms with Gasteiger partial charge >= 0.3 is 0 Å². The van der Waals surface area contributed by atoms with E-state index in [-0.39, 0.29) is 18.0 Å². The summed E-state index contributed by atoms with van der Waals surface area (Å²) < 4.78 is 6.24. The number of phenolic OH excluding ortho intramolecular Hbond substituents is 1. The Hall–Kier alpha value is -3.18. The van der Waals surface area contributed by atoms with Crippen LogP contribution in [0.4, 0.5) is 0 Å². The maximum atomic E-state index is 12.5. The monoisotopic (exact) mass is 375 g/mol. The van der Waals surface area contributed by atoms with Crippen molar-refractivity contribution in [1.82, 2.24) is 4.98 Å². The predicted molar refractivity (Wildman–Crippen MR) is 108 cm³/mol. The number of aromatic hydroxyl groups is 1. The lowest BCUT2D eigenvalue weighted by Crippen LogP contribution is -2.03. The Morgan fingerprint density at radius 3 is 2.70 bits per heavy atom. The zero-order valence-electron chi connectivity index (χ0n) is 14.7. The average Bonchev–Trinajstić information content (AvgIpc) is 3.12. The van der Waals surface area contributed by atoms with Crippen LogP contribution in [0.5, 0.6) is 11.5 Å². The average molecular weight is 375 g/mol. The van der Waals surface area contributed by atoms with Crippen LogP contribution in [-0.4, -0.2) is 23.0 Å². The molecule has 0 spiro atoms. The third-order valence-electron chi connectivity index (χ3n) is 4.34. The minimum absolute atomic E-state index is 0.0268. The number of thiazole rings is 1. The van der Waals surface area contributed by atoms with Crippen LogP contribution < -0.4 is 4.74 Å². The Morgan fingerprint density at radius 2 is 1.93 bits per heavy atom. The fourth-order valence-electron chi connectivity index (χ4n) is 2.94. The highest BCUT2D eigenvalue weighted by Gasteiger charge is 2.13. The smallest absolute Gasteiger partial charge is 0.167 e. The number of aromatic nitrogens is 1. The molecule has 3 aromatic carbocycles. The number of methoxy groups -OCH3 is 1. The Kier molecular flexibility index (Phi) is 4.60. The first-order chi connectivity index (χ1) is 13.1. The van der Waals surface area contributed by atoms with Crippen LogP contribution in [0.15, 0.2) is 66.7 Å². The Balaban J connectivity index is 1.58. The minimum Gasteiger partial charge on any atom is -0.507 e. The van der Waals surface area contributed by atoms with E-state index < -0.39 is 0 Å². The molecular weight excluding hydrogens is 358 g/mol. The summed E-state index contributed by atoms with van der Waals surface area (Å²) >= 11 is 1.53. The van der Waals surface area contributed by atoms with Gasteiger partial charge in [-0.25, -0.2) is 4.98 Å². The van der Waals surface area contributed by atoms with Gasteiger partial charge in [0, 0.05) is 12.0 Å². The number of phenols is 1. The Morgan fingerprint density at radius 1 is 1.07 bits per heavy atom. The molecule has 0 radical (unpaired) electrons. The van der Waals surface area contributed by atoms with Gasteiger partial charge in [-0.1, -0.05) is 30.3 Å². The molecule has 0 atom stereocenters. The highest BCUT2D eigenvalue weighted by Crippen LogP contribution is 2.35. The fraction of sp³-hybridized carbons (Fsp3) is 0.0909. The molecule has 0 unspecified atom stereocenters. The summed E-state index contributed by atoms with van der Waals surface area (Å²) in [6.07, 6.45) is 0.209. The van der Waals surface area contributed by atoms with E-state index >= 15 is 0 Å². The lowest BCUT2D eigenvalue weighted by Gasteiger charge is -2.06. The summed E-state index contributed by atoms with van der Waals surface area (Å²) in [4.78, 5) is 17.1. The second-order valence-corrected chi connectivity index (χ2v) is 7.20. The second kappa shape index (κ2) is 7.21. The molecule has 27 heavy (non-hydrogen) atoms. The molecule has 0 amide bonds. The van der Waals surface area contributed by atoms with Crippen LogP contribution in [0.1, 0.15) is 15.9 Å². The molecule has 4 aromatic rings. The Bertz CT molecular complexity index is 1100. The molecule has 0 saturated carbocycles. The molecular formula is C22H17NO3S. The largest absolute Gasteiger partial charge is 0.507 e. The number of hydrogen-bond donors (Lipinski definition) is 1. The lowest BCUT2D eigenvalue weighted by molar-refractivity contribution is 0.0992. The number of carbonyl (C=O) groups excluding carboxylic acids is 1. The van der Waals surface area contributed by atoms with E-state index in [1.807, 2.05) is 36.4 Å². The molecule has 5 heteroatoms. The maximum absolute atomic E-state index is 12.5. The number of para-hydroxylation sites is 1. The molecule has 4 rings (SSSR count). The van der Waals surface area contributed by atoms with E-state index in [0.29, 0.717) is 16.9 Å². The van der Waals surface area contributed by atoms with Crippen molar-refractivity contribution in [2.45, 2.75) is 6.42 Å². The van der Waals surface area contributed by atoms with E-state index in [2.05, 4.69) is 4.98 Å². The van der Waals surface area contributed by atoms with Gasteiger partial charge in [-0.15, -0.1) is 11.3 Å². The summed E-state index contributed by atoms with van der Waals surface area (Å²) in [6, 6.07) is 20.3. The lowest BCUT2D eigenvalue weighted by atomic mass is 10.0. The quantitative estimate of drug-likeness (QED) is 0.493. The zero-order valence-corrected chi connectivity index (χ0v) is 15.5. The summed E-state index contributed by atoms with van der Waals surface area (Å²) in [5.74, 6) is 0.751. The number of fused-ring (bicyclic) bond motifs is 1. The van der Waals surface area contributed by atoms with Gasteiger partial charge in [0.15, 0.2) is 5.78 Å². The van der Waals surface area contributed by atoms with E-state index in [1.54, 1.807) is 37.4 Å². The number of Topliss-reactive ketones (excluding diaryl/α,β-unsaturated/α-hetero) is 1. The highest BCUT2D eigenvalue weighted by atomic mass is 32.1. The second-order valence-electron chi connectivity index (χ2n) is 6.17. The van der Waals surface area contributed by atoms with Gasteiger partial charge in [-0.2, -0.15) is 0 Å². The molecule has 0 saturated heterocycles. The van der Waals surface area contributed by atoms with Crippen LogP contribution in [0.25, 0.3) is 20.8 Å². The molecule has 0 aliphatic heterocycles. The first-order valence-corrected chi connectivity index (χ1v) is 9.31. The maximum Gasteiger partial charge on any atom is 0.167 e. The standard InChI is InChI=1S/C22H17NO3S/c1-26-16-6-4-5-15(13-16)19(24)11-14-9-10-17(20(25)12-14)22-23-18-7-2-3-8-21(18)27-22/h2-10,12-13,25H,11H2,1H3. The molecule has 134 valence electrons. The van der Waals surface area contributed by atoms with Gasteiger partial charge in [-0.3, -0.25) is 4.79 Å². The number of ether oxygens (including phenoxy) is 1. The molecule has 1 aromatic heterocycles. The third-order valence-corrected chi connectivity index (χ3v) is 5.41. The number of rotatable bonds is 5. The minimum atomic E-state index is -0.0268. The fourth-order valence-corrected chi connectivity index (χ4v) is 3.94. The van der Waals surface area contributed by atoms with Gasteiger partial charge < -0.3 is 9.84 Å².